The van der Waals surface area contributed by atoms with Crippen molar-refractivity contribution in [2.24, 2.45) is 0 Å². The maximum absolute atomic E-state index is 12.6. The highest BCUT2D eigenvalue weighted by molar-refractivity contribution is 5.99. The zero-order valence-electron chi connectivity index (χ0n) is 15.0. The van der Waals surface area contributed by atoms with Gasteiger partial charge in [-0.3, -0.25) is 9.78 Å². The molecule has 1 atom stereocenters. The van der Waals surface area contributed by atoms with Gasteiger partial charge in [-0.15, -0.1) is 0 Å². The average Bonchev–Trinajstić information content (AvgIpc) is 2.73. The first-order valence-corrected chi connectivity index (χ1v) is 8.97. The van der Waals surface area contributed by atoms with Crippen LogP contribution in [0.5, 0.6) is 0 Å². The van der Waals surface area contributed by atoms with E-state index in [1.54, 1.807) is 6.07 Å². The fourth-order valence-corrected chi connectivity index (χ4v) is 3.33. The van der Waals surface area contributed by atoms with Crippen molar-refractivity contribution in [3.05, 3.63) is 90.1 Å². The summed E-state index contributed by atoms with van der Waals surface area (Å²) in [5.74, 6) is -1.53. The summed E-state index contributed by atoms with van der Waals surface area (Å²) < 4.78 is 0. The maximum atomic E-state index is 12.6. The molecule has 0 spiro atoms. The van der Waals surface area contributed by atoms with Gasteiger partial charge in [0.15, 0.2) is 0 Å². The number of hydrogen-bond acceptors (Lipinski definition) is 3. The van der Waals surface area contributed by atoms with Crippen molar-refractivity contribution in [1.29, 1.82) is 0 Å². The number of amides is 1. The molecule has 0 aliphatic carbocycles. The van der Waals surface area contributed by atoms with Crippen LogP contribution in [0.1, 0.15) is 15.9 Å². The molecule has 0 bridgehead atoms. The van der Waals surface area contributed by atoms with Gasteiger partial charge in [-0.25, -0.2) is 4.79 Å². The number of nitrogens with zero attached hydrogens (tertiary/aromatic N) is 1. The lowest BCUT2D eigenvalue weighted by atomic mass is 9.98. The third-order valence-electron chi connectivity index (χ3n) is 4.76. The number of nitrogens with one attached hydrogen (secondary N) is 1. The van der Waals surface area contributed by atoms with E-state index in [0.717, 1.165) is 27.2 Å². The van der Waals surface area contributed by atoms with Crippen molar-refractivity contribution in [1.82, 2.24) is 10.3 Å². The van der Waals surface area contributed by atoms with Crippen LogP contribution in [0.3, 0.4) is 0 Å². The average molecular weight is 370 g/mol. The van der Waals surface area contributed by atoms with E-state index >= 15 is 0 Å². The Morgan fingerprint density at radius 1 is 0.929 bits per heavy atom. The second-order valence-electron chi connectivity index (χ2n) is 6.62. The SMILES string of the molecule is O=C(N[C@H](Cc1cccc2ccccc12)C(=O)O)c1cnc2ccccc2c1. The minimum Gasteiger partial charge on any atom is -0.480 e. The molecular weight excluding hydrogens is 352 g/mol. The van der Waals surface area contributed by atoms with Gasteiger partial charge in [0, 0.05) is 18.0 Å². The Morgan fingerprint density at radius 2 is 1.64 bits per heavy atom. The summed E-state index contributed by atoms with van der Waals surface area (Å²) in [6.45, 7) is 0. The fraction of sp³-hybridized carbons (Fsp3) is 0.0870. The lowest BCUT2D eigenvalue weighted by molar-refractivity contribution is -0.139. The van der Waals surface area contributed by atoms with E-state index < -0.39 is 17.9 Å². The first-order chi connectivity index (χ1) is 13.6. The molecule has 138 valence electrons. The predicted molar refractivity (Wildman–Crippen MR) is 108 cm³/mol. The number of pyridine rings is 1. The molecule has 5 nitrogen and oxygen atoms in total. The molecule has 0 saturated carbocycles. The highest BCUT2D eigenvalue weighted by Gasteiger charge is 2.22. The summed E-state index contributed by atoms with van der Waals surface area (Å²) in [6.07, 6.45) is 1.66. The van der Waals surface area contributed by atoms with E-state index in [9.17, 15) is 14.7 Å². The normalized spacial score (nSPS) is 12.0. The monoisotopic (exact) mass is 370 g/mol. The third kappa shape index (κ3) is 3.55. The van der Waals surface area contributed by atoms with Gasteiger partial charge in [0.2, 0.25) is 0 Å². The molecule has 0 aliphatic heterocycles. The second kappa shape index (κ2) is 7.48. The number of hydrogen-bond donors (Lipinski definition) is 2. The summed E-state index contributed by atoms with van der Waals surface area (Å²) in [4.78, 5) is 28.7. The van der Waals surface area contributed by atoms with Gasteiger partial charge in [-0.05, 0) is 28.5 Å². The fourth-order valence-electron chi connectivity index (χ4n) is 3.33. The van der Waals surface area contributed by atoms with E-state index in [4.69, 9.17) is 0 Å². The highest BCUT2D eigenvalue weighted by Crippen LogP contribution is 2.20. The summed E-state index contributed by atoms with van der Waals surface area (Å²) >= 11 is 0. The number of benzene rings is 3. The van der Waals surface area contributed by atoms with Gasteiger partial charge < -0.3 is 10.4 Å². The van der Waals surface area contributed by atoms with E-state index in [1.807, 2.05) is 66.7 Å². The minimum absolute atomic E-state index is 0.198. The van der Waals surface area contributed by atoms with Gasteiger partial charge in [-0.2, -0.15) is 0 Å². The van der Waals surface area contributed by atoms with Crippen LogP contribution in [0.25, 0.3) is 21.7 Å². The first kappa shape index (κ1) is 17.7. The number of para-hydroxylation sites is 1. The molecule has 0 aliphatic rings. The smallest absolute Gasteiger partial charge is 0.326 e. The largest absolute Gasteiger partial charge is 0.480 e. The molecule has 0 fully saturated rings. The van der Waals surface area contributed by atoms with Crippen LogP contribution in [0.4, 0.5) is 0 Å². The Hall–Kier alpha value is -3.73. The first-order valence-electron chi connectivity index (χ1n) is 8.97. The number of carbonyl (C=O) groups excluding carboxylic acids is 1. The molecular formula is C23H18N2O3. The van der Waals surface area contributed by atoms with Crippen LogP contribution in [-0.2, 0) is 11.2 Å². The summed E-state index contributed by atoms with van der Waals surface area (Å²) in [6, 6.07) is 21.7. The van der Waals surface area contributed by atoms with E-state index in [2.05, 4.69) is 10.3 Å². The van der Waals surface area contributed by atoms with Crippen LogP contribution >= 0.6 is 0 Å². The van der Waals surface area contributed by atoms with Gasteiger partial charge >= 0.3 is 5.97 Å². The molecule has 4 rings (SSSR count). The molecule has 0 saturated heterocycles. The molecule has 1 aromatic heterocycles. The Morgan fingerprint density at radius 3 is 2.46 bits per heavy atom. The Bertz CT molecular complexity index is 1180. The Balaban J connectivity index is 1.59. The molecule has 3 aromatic carbocycles. The van der Waals surface area contributed by atoms with Crippen molar-refractivity contribution >= 4 is 33.6 Å². The van der Waals surface area contributed by atoms with Crippen molar-refractivity contribution < 1.29 is 14.7 Å². The summed E-state index contributed by atoms with van der Waals surface area (Å²) in [5.41, 5.74) is 2.00. The van der Waals surface area contributed by atoms with Crippen molar-refractivity contribution in [3.8, 4) is 0 Å². The molecule has 0 unspecified atom stereocenters. The Labute approximate surface area is 161 Å². The molecule has 28 heavy (non-hydrogen) atoms. The molecule has 0 radical (unpaired) electrons. The zero-order chi connectivity index (χ0) is 19.5. The third-order valence-corrected chi connectivity index (χ3v) is 4.76. The molecule has 1 amide bonds. The van der Waals surface area contributed by atoms with Crippen LogP contribution in [-0.4, -0.2) is 28.0 Å². The Kier molecular flexibility index (Phi) is 4.72. The van der Waals surface area contributed by atoms with Crippen molar-refractivity contribution in [2.45, 2.75) is 12.5 Å². The van der Waals surface area contributed by atoms with Crippen molar-refractivity contribution in [2.75, 3.05) is 0 Å². The number of rotatable bonds is 5. The quantitative estimate of drug-likeness (QED) is 0.560. The lowest BCUT2D eigenvalue weighted by Gasteiger charge is -2.16. The number of fused-ring (bicyclic) bond motifs is 2. The molecule has 4 aromatic rings. The number of carboxylic acid groups (broad SMARTS) is 1. The van der Waals surface area contributed by atoms with Crippen LogP contribution in [0, 0.1) is 0 Å². The van der Waals surface area contributed by atoms with Crippen molar-refractivity contribution in [3.63, 3.8) is 0 Å². The van der Waals surface area contributed by atoms with Crippen LogP contribution in [0.15, 0.2) is 79.0 Å². The zero-order valence-corrected chi connectivity index (χ0v) is 15.0. The van der Waals surface area contributed by atoms with Crippen LogP contribution in [0.2, 0.25) is 0 Å². The number of aliphatic carboxylic acids is 1. The topological polar surface area (TPSA) is 79.3 Å². The standard InChI is InChI=1S/C23H18N2O3/c26-22(18-12-17-7-2-4-11-20(17)24-14-18)25-21(23(27)28)13-16-9-5-8-15-6-1-3-10-19(15)16/h1-12,14,21H,13H2,(H,25,26)(H,27,28)/t21-/m1/s1. The molecule has 5 heteroatoms. The van der Waals surface area contributed by atoms with E-state index in [0.29, 0.717) is 5.56 Å². The number of carbonyl (C=O) groups is 2. The second-order valence-corrected chi connectivity index (χ2v) is 6.62. The highest BCUT2D eigenvalue weighted by atomic mass is 16.4. The van der Waals surface area contributed by atoms with Gasteiger partial charge in [0.05, 0.1) is 11.1 Å². The van der Waals surface area contributed by atoms with Gasteiger partial charge in [-0.1, -0.05) is 60.7 Å². The lowest BCUT2D eigenvalue weighted by Crippen LogP contribution is -2.42. The minimum atomic E-state index is -1.07. The number of carboxylic acids is 1. The maximum Gasteiger partial charge on any atom is 0.326 e. The summed E-state index contributed by atoms with van der Waals surface area (Å²) in [7, 11) is 0. The molecule has 1 heterocycles. The van der Waals surface area contributed by atoms with Gasteiger partial charge in [0.25, 0.3) is 5.91 Å². The number of aromatic nitrogens is 1. The molecule has 2 N–H and O–H groups in total. The van der Waals surface area contributed by atoms with Gasteiger partial charge in [0.1, 0.15) is 6.04 Å². The van der Waals surface area contributed by atoms with E-state index in [-0.39, 0.29) is 6.42 Å². The summed E-state index contributed by atoms with van der Waals surface area (Å²) in [5, 5.41) is 15.1. The van der Waals surface area contributed by atoms with Crippen LogP contribution < -0.4 is 5.32 Å². The van der Waals surface area contributed by atoms with E-state index in [1.165, 1.54) is 6.20 Å². The predicted octanol–water partition coefficient (Wildman–Crippen LogP) is 3.81.